The first-order valence-corrected chi connectivity index (χ1v) is 6.07. The molecule has 15 heavy (non-hydrogen) atoms. The van der Waals surface area contributed by atoms with Crippen LogP contribution < -0.4 is 0 Å². The van der Waals surface area contributed by atoms with Gasteiger partial charge in [-0.3, -0.25) is 14.5 Å². The van der Waals surface area contributed by atoms with Gasteiger partial charge in [0.25, 0.3) is 5.91 Å². The summed E-state index contributed by atoms with van der Waals surface area (Å²) in [5, 5.41) is -0.297. The Labute approximate surface area is 98.0 Å². The predicted molar refractivity (Wildman–Crippen MR) is 63.3 cm³/mol. The van der Waals surface area contributed by atoms with Crippen molar-refractivity contribution in [3.63, 3.8) is 0 Å². The van der Waals surface area contributed by atoms with Gasteiger partial charge in [-0.1, -0.05) is 37.4 Å². The van der Waals surface area contributed by atoms with Crippen molar-refractivity contribution in [1.29, 1.82) is 0 Å². The highest BCUT2D eigenvalue weighted by Gasteiger charge is 2.50. The number of carbonyl (C=O) groups is 2. The molecule has 0 aromatic heterocycles. The summed E-state index contributed by atoms with van der Waals surface area (Å²) >= 11 is 5.40. The van der Waals surface area contributed by atoms with Crippen molar-refractivity contribution in [3.8, 4) is 0 Å². The second kappa shape index (κ2) is 3.72. The molecular formula is C10H11NO2S2. The van der Waals surface area contributed by atoms with Crippen LogP contribution >= 0.6 is 24.4 Å². The summed E-state index contributed by atoms with van der Waals surface area (Å²) in [6.07, 6.45) is 2.58. The Bertz CT molecular complexity index is 412. The molecule has 0 aromatic rings. The molecule has 2 heterocycles. The van der Waals surface area contributed by atoms with Crippen LogP contribution in [0.1, 0.15) is 20.3 Å². The number of allylic oxidation sites excluding steroid dienone is 2. The minimum Gasteiger partial charge on any atom is -0.286 e. The van der Waals surface area contributed by atoms with Crippen molar-refractivity contribution in [3.05, 3.63) is 22.3 Å². The van der Waals surface area contributed by atoms with E-state index in [0.29, 0.717) is 5.70 Å². The van der Waals surface area contributed by atoms with E-state index >= 15 is 0 Å². The van der Waals surface area contributed by atoms with E-state index in [1.807, 2.05) is 19.9 Å². The number of hydrogen-bond acceptors (Lipinski definition) is 3. The Morgan fingerprint density at radius 3 is 2.80 bits per heavy atom. The molecule has 2 rings (SSSR count). The van der Waals surface area contributed by atoms with Gasteiger partial charge in [0, 0.05) is 10.5 Å². The van der Waals surface area contributed by atoms with Crippen molar-refractivity contribution in [2.45, 2.75) is 25.6 Å². The molecule has 0 saturated carbocycles. The highest BCUT2D eigenvalue weighted by atomic mass is 32.2. The molecule has 0 spiro atoms. The van der Waals surface area contributed by atoms with Gasteiger partial charge in [-0.25, -0.2) is 0 Å². The van der Waals surface area contributed by atoms with Gasteiger partial charge in [-0.05, 0) is 13.3 Å². The lowest BCUT2D eigenvalue weighted by molar-refractivity contribution is -0.132. The highest BCUT2D eigenvalue weighted by molar-refractivity contribution is 8.04. The molecule has 1 saturated heterocycles. The Hall–Kier alpha value is -0.680. The molecule has 2 aliphatic rings. The van der Waals surface area contributed by atoms with Gasteiger partial charge in [0.05, 0.1) is 0 Å². The van der Waals surface area contributed by atoms with Crippen LogP contribution in [0, 0.1) is 0 Å². The quantitative estimate of drug-likeness (QED) is 0.456. The van der Waals surface area contributed by atoms with Crippen LogP contribution in [0.2, 0.25) is 0 Å². The average molecular weight is 241 g/mol. The fraction of sp³-hybridized carbons (Fsp3) is 0.400. The maximum atomic E-state index is 11.7. The number of thioether (sulfide) groups is 1. The Morgan fingerprint density at radius 2 is 2.33 bits per heavy atom. The summed E-state index contributed by atoms with van der Waals surface area (Å²) in [4.78, 5) is 25.5. The minimum absolute atomic E-state index is 0.0172. The zero-order valence-corrected chi connectivity index (χ0v) is 10.2. The van der Waals surface area contributed by atoms with Crippen molar-refractivity contribution in [2.24, 2.45) is 0 Å². The van der Waals surface area contributed by atoms with Crippen molar-refractivity contribution in [1.82, 2.24) is 4.90 Å². The first-order chi connectivity index (χ1) is 7.11. The summed E-state index contributed by atoms with van der Waals surface area (Å²) in [6, 6.07) is 0. The maximum absolute atomic E-state index is 11.7. The number of nitrogens with zero attached hydrogens (tertiary/aromatic N) is 1. The number of β-lactam (4-membered cyclic amide) rings is 1. The van der Waals surface area contributed by atoms with E-state index in [0.717, 1.165) is 16.9 Å². The van der Waals surface area contributed by atoms with E-state index < -0.39 is 0 Å². The van der Waals surface area contributed by atoms with E-state index in [1.165, 1.54) is 0 Å². The fourth-order valence-corrected chi connectivity index (χ4v) is 3.55. The van der Waals surface area contributed by atoms with Crippen molar-refractivity contribution < 1.29 is 9.59 Å². The Kier molecular flexibility index (Phi) is 2.68. The van der Waals surface area contributed by atoms with E-state index in [9.17, 15) is 9.59 Å². The van der Waals surface area contributed by atoms with Crippen LogP contribution in [0.25, 0.3) is 0 Å². The molecule has 3 nitrogen and oxygen atoms in total. The number of fused-ring (bicyclic) bond motifs is 1. The molecular weight excluding hydrogens is 230 g/mol. The third-order valence-electron chi connectivity index (χ3n) is 2.56. The SMILES string of the molecule is C/C=C1/C(=O)N2C(C(=O)S)=C(CC)SC12. The van der Waals surface area contributed by atoms with Crippen LogP contribution in [-0.2, 0) is 9.59 Å². The van der Waals surface area contributed by atoms with Gasteiger partial charge < -0.3 is 0 Å². The van der Waals surface area contributed by atoms with Gasteiger partial charge in [0.2, 0.25) is 5.12 Å². The van der Waals surface area contributed by atoms with Gasteiger partial charge >= 0.3 is 0 Å². The van der Waals surface area contributed by atoms with Gasteiger partial charge in [0.1, 0.15) is 11.1 Å². The first kappa shape index (κ1) is 10.8. The van der Waals surface area contributed by atoms with Crippen molar-refractivity contribution in [2.75, 3.05) is 0 Å². The third kappa shape index (κ3) is 1.37. The molecule has 0 aromatic carbocycles. The first-order valence-electron chi connectivity index (χ1n) is 4.74. The lowest BCUT2D eigenvalue weighted by Crippen LogP contribution is -2.50. The standard InChI is InChI=1S/C10H11NO2S2/c1-3-5-8(12)11-7(10(13)14)6(4-2)15-9(5)11/h3,9H,4H2,1-2H3,(H,13,14)/b5-3-. The van der Waals surface area contributed by atoms with Gasteiger partial charge in [-0.2, -0.15) is 0 Å². The molecule has 5 heteroatoms. The summed E-state index contributed by atoms with van der Waals surface area (Å²) in [5.41, 5.74) is 1.27. The van der Waals surface area contributed by atoms with Crippen LogP contribution in [0.4, 0.5) is 0 Å². The van der Waals surface area contributed by atoms with E-state index in [4.69, 9.17) is 0 Å². The second-order valence-electron chi connectivity index (χ2n) is 3.32. The Balaban J connectivity index is 2.38. The largest absolute Gasteiger partial charge is 0.286 e. The molecule has 1 atom stereocenters. The van der Waals surface area contributed by atoms with Gasteiger partial charge in [-0.15, -0.1) is 0 Å². The predicted octanol–water partition coefficient (Wildman–Crippen LogP) is 1.93. The monoisotopic (exact) mass is 241 g/mol. The van der Waals surface area contributed by atoms with E-state index in [2.05, 4.69) is 12.6 Å². The normalized spacial score (nSPS) is 27.1. The van der Waals surface area contributed by atoms with Crippen LogP contribution in [0.15, 0.2) is 22.3 Å². The number of thiol groups is 1. The molecule has 0 aliphatic carbocycles. The second-order valence-corrected chi connectivity index (χ2v) is 4.90. The van der Waals surface area contributed by atoms with Crippen LogP contribution in [0.5, 0.6) is 0 Å². The maximum Gasteiger partial charge on any atom is 0.258 e. The molecule has 1 fully saturated rings. The average Bonchev–Trinajstić information content (AvgIpc) is 2.53. The lowest BCUT2D eigenvalue weighted by Gasteiger charge is -2.37. The smallest absolute Gasteiger partial charge is 0.258 e. The zero-order valence-electron chi connectivity index (χ0n) is 8.48. The molecule has 80 valence electrons. The van der Waals surface area contributed by atoms with Crippen molar-refractivity contribution >= 4 is 35.4 Å². The lowest BCUT2D eigenvalue weighted by atomic mass is 10.1. The summed E-state index contributed by atoms with van der Waals surface area (Å²) in [5.74, 6) is -0.0594. The number of hydrogen-bond donors (Lipinski definition) is 1. The molecule has 0 radical (unpaired) electrons. The Morgan fingerprint density at radius 1 is 1.67 bits per heavy atom. The number of carbonyl (C=O) groups excluding carboxylic acids is 2. The summed E-state index contributed by atoms with van der Waals surface area (Å²) in [7, 11) is 0. The van der Waals surface area contributed by atoms with E-state index in [1.54, 1.807) is 16.7 Å². The number of rotatable bonds is 2. The highest BCUT2D eigenvalue weighted by Crippen LogP contribution is 2.50. The summed E-state index contributed by atoms with van der Waals surface area (Å²) < 4.78 is 0. The van der Waals surface area contributed by atoms with E-state index in [-0.39, 0.29) is 16.4 Å². The molecule has 1 amide bonds. The molecule has 0 N–H and O–H groups in total. The molecule has 1 unspecified atom stereocenters. The zero-order chi connectivity index (χ0) is 11.2. The number of amides is 1. The fourth-order valence-electron chi connectivity index (χ4n) is 1.82. The van der Waals surface area contributed by atoms with Crippen LogP contribution in [0.3, 0.4) is 0 Å². The molecule has 2 aliphatic heterocycles. The topological polar surface area (TPSA) is 37.4 Å². The van der Waals surface area contributed by atoms with Gasteiger partial charge in [0.15, 0.2) is 0 Å². The van der Waals surface area contributed by atoms with Crippen LogP contribution in [-0.4, -0.2) is 21.3 Å². The molecule has 0 bridgehead atoms. The third-order valence-corrected chi connectivity index (χ3v) is 4.23. The summed E-state index contributed by atoms with van der Waals surface area (Å²) in [6.45, 7) is 3.82. The minimum atomic E-state index is -0.314.